The highest BCUT2D eigenvalue weighted by atomic mass is 32.2. The van der Waals surface area contributed by atoms with Crippen LogP contribution in [0.3, 0.4) is 0 Å². The summed E-state index contributed by atoms with van der Waals surface area (Å²) in [5, 5.41) is 13.6. The number of sulfonamides is 1. The van der Waals surface area contributed by atoms with Crippen LogP contribution in [0.25, 0.3) is 16.6 Å². The first-order valence-corrected chi connectivity index (χ1v) is 19.0. The lowest BCUT2D eigenvalue weighted by Crippen LogP contribution is -2.38. The van der Waals surface area contributed by atoms with E-state index in [-0.39, 0.29) is 42.3 Å². The molecule has 0 saturated carbocycles. The molecule has 0 radical (unpaired) electrons. The number of aromatic amines is 1. The van der Waals surface area contributed by atoms with Crippen molar-refractivity contribution < 1.29 is 37.3 Å². The molecule has 2 aromatic heterocycles. The van der Waals surface area contributed by atoms with Gasteiger partial charge in [-0.3, -0.25) is 14.3 Å². The Hall–Kier alpha value is -5.35. The Morgan fingerprint density at radius 1 is 1.04 bits per heavy atom. The first-order valence-electron chi connectivity index (χ1n) is 17.6. The molecule has 14 nitrogen and oxygen atoms in total. The van der Waals surface area contributed by atoms with Gasteiger partial charge in [-0.1, -0.05) is 18.2 Å². The molecule has 1 amide bonds. The van der Waals surface area contributed by atoms with Gasteiger partial charge in [0.1, 0.15) is 11.5 Å². The monoisotopic (exact) mass is 759 g/mol. The van der Waals surface area contributed by atoms with Gasteiger partial charge in [0.25, 0.3) is 11.5 Å². The van der Waals surface area contributed by atoms with Gasteiger partial charge in [0.05, 0.1) is 38.0 Å². The molecule has 1 aliphatic rings. The quantitative estimate of drug-likeness (QED) is 0.136. The maximum Gasteiger partial charge on any atom is 0.286 e. The molecule has 286 valence electrons. The zero-order chi connectivity index (χ0) is 38.4. The molecule has 5 aromatic rings. The van der Waals surface area contributed by atoms with Crippen LogP contribution in [0.15, 0.2) is 101 Å². The fourth-order valence-electron chi connectivity index (χ4n) is 6.67. The fourth-order valence-corrected chi connectivity index (χ4v) is 8.09. The topological polar surface area (TPSA) is 166 Å². The van der Waals surface area contributed by atoms with Crippen LogP contribution in [0.2, 0.25) is 0 Å². The number of carbonyl (C=O) groups excluding carboxylic acids is 1. The number of H-pyrrole nitrogens is 1. The molecule has 15 heteroatoms. The summed E-state index contributed by atoms with van der Waals surface area (Å²) >= 11 is 0. The summed E-state index contributed by atoms with van der Waals surface area (Å²) < 4.78 is 54.2. The third-order valence-corrected chi connectivity index (χ3v) is 11.5. The largest absolute Gasteiger partial charge is 0.497 e. The molecule has 0 unspecified atom stereocenters. The highest BCUT2D eigenvalue weighted by molar-refractivity contribution is 7.89. The van der Waals surface area contributed by atoms with Gasteiger partial charge in [-0.25, -0.2) is 13.1 Å². The summed E-state index contributed by atoms with van der Waals surface area (Å²) in [5.41, 5.74) is 3.60. The number of allylic oxidation sites excluding steroid dienone is 1. The maximum absolute atomic E-state index is 14.0. The van der Waals surface area contributed by atoms with Gasteiger partial charge in [0, 0.05) is 67.4 Å². The zero-order valence-electron chi connectivity index (χ0n) is 30.7. The van der Waals surface area contributed by atoms with Crippen molar-refractivity contribution in [2.24, 2.45) is 7.05 Å². The lowest BCUT2D eigenvalue weighted by atomic mass is 9.93. The zero-order valence-corrected chi connectivity index (χ0v) is 31.5. The Kier molecular flexibility index (Phi) is 11.9. The molecule has 3 N–H and O–H groups in total. The lowest BCUT2D eigenvalue weighted by Gasteiger charge is -2.29. The number of methoxy groups -OCH3 is 2. The molecule has 6 rings (SSSR count). The fraction of sp³-hybridized carbons (Fsp3) is 0.333. The number of hydrogen-bond acceptors (Lipinski definition) is 9. The van der Waals surface area contributed by atoms with Crippen molar-refractivity contribution in [3.63, 3.8) is 0 Å². The molecule has 3 heterocycles. The van der Waals surface area contributed by atoms with Gasteiger partial charge in [0.15, 0.2) is 5.76 Å². The second-order valence-corrected chi connectivity index (χ2v) is 14.7. The van der Waals surface area contributed by atoms with Crippen LogP contribution in [0, 0.1) is 6.92 Å². The van der Waals surface area contributed by atoms with E-state index in [0.29, 0.717) is 35.7 Å². The number of nitrogens with one attached hydrogen (secondary N) is 2. The number of amides is 1. The molecule has 1 aliphatic heterocycles. The Morgan fingerprint density at radius 2 is 1.76 bits per heavy atom. The number of nitrogens with zero attached hydrogens (tertiary/aromatic N) is 3. The number of benzene rings is 3. The number of fused-ring (bicyclic) bond motifs is 1. The highest BCUT2D eigenvalue weighted by Crippen LogP contribution is 2.32. The number of aromatic nitrogens is 3. The third kappa shape index (κ3) is 8.09. The number of ether oxygens (including phenoxy) is 4. The standard InChI is InChI=1S/C39H45N5O9S/c1-26-37(39(47)44(42(26)2)29-8-6-5-7-9-29)28-22-35(38(46)40-17-16-27-25-41-34-15-12-31(51-4)24-33(27)34)53-36(23-28)52-21-19-43(18-20-45)54(48,49)32-13-10-30(50-3)11-14-32/h5-15,22,24-25,28,36,41,45H,16-21,23H2,1-4H3,(H,40,46)/t28-,36+/m1/s1. The lowest BCUT2D eigenvalue weighted by molar-refractivity contribution is -0.146. The first-order chi connectivity index (χ1) is 26.0. The minimum Gasteiger partial charge on any atom is -0.497 e. The smallest absolute Gasteiger partial charge is 0.286 e. The van der Waals surface area contributed by atoms with Gasteiger partial charge in [-0.05, 0) is 79.6 Å². The molecular formula is C39H45N5O9S. The van der Waals surface area contributed by atoms with Gasteiger partial charge in [0.2, 0.25) is 16.3 Å². The van der Waals surface area contributed by atoms with E-state index in [4.69, 9.17) is 18.9 Å². The Balaban J connectivity index is 1.22. The summed E-state index contributed by atoms with van der Waals surface area (Å²) in [6, 6.07) is 21.0. The van der Waals surface area contributed by atoms with Gasteiger partial charge < -0.3 is 34.4 Å². The number of aliphatic hydroxyl groups is 1. The Bertz CT molecular complexity index is 2280. The van der Waals surface area contributed by atoms with Crippen molar-refractivity contribution in [2.75, 3.05) is 47.1 Å². The van der Waals surface area contributed by atoms with E-state index < -0.39 is 34.7 Å². The van der Waals surface area contributed by atoms with Crippen LogP contribution in [-0.2, 0) is 37.8 Å². The number of aliphatic hydroxyl groups excluding tert-OH is 1. The predicted octanol–water partition coefficient (Wildman–Crippen LogP) is 3.76. The van der Waals surface area contributed by atoms with Crippen molar-refractivity contribution >= 4 is 26.8 Å². The van der Waals surface area contributed by atoms with Crippen molar-refractivity contribution in [1.29, 1.82) is 0 Å². The van der Waals surface area contributed by atoms with E-state index in [1.54, 1.807) is 41.7 Å². The van der Waals surface area contributed by atoms with Crippen LogP contribution in [0.4, 0.5) is 0 Å². The van der Waals surface area contributed by atoms with E-state index in [1.807, 2.05) is 61.7 Å². The van der Waals surface area contributed by atoms with Crippen molar-refractivity contribution in [3.05, 3.63) is 118 Å². The summed E-state index contributed by atoms with van der Waals surface area (Å²) in [6.07, 6.45) is 3.27. The van der Waals surface area contributed by atoms with E-state index in [2.05, 4.69) is 10.3 Å². The molecule has 0 aliphatic carbocycles. The summed E-state index contributed by atoms with van der Waals surface area (Å²) in [6.45, 7) is 1.36. The van der Waals surface area contributed by atoms with Gasteiger partial charge >= 0.3 is 0 Å². The third-order valence-electron chi connectivity index (χ3n) is 9.60. The maximum atomic E-state index is 14.0. The van der Waals surface area contributed by atoms with Crippen molar-refractivity contribution in [2.45, 2.75) is 36.9 Å². The first kappa shape index (κ1) is 38.4. The second-order valence-electron chi connectivity index (χ2n) is 12.8. The van der Waals surface area contributed by atoms with Gasteiger partial charge in [-0.15, -0.1) is 0 Å². The number of para-hydroxylation sites is 1. The molecule has 0 bridgehead atoms. The van der Waals surface area contributed by atoms with Crippen LogP contribution in [0.5, 0.6) is 11.5 Å². The number of rotatable bonds is 16. The van der Waals surface area contributed by atoms with E-state index >= 15 is 0 Å². The second kappa shape index (κ2) is 16.8. The van der Waals surface area contributed by atoms with E-state index in [1.165, 1.54) is 19.2 Å². The van der Waals surface area contributed by atoms with Crippen LogP contribution >= 0.6 is 0 Å². The summed E-state index contributed by atoms with van der Waals surface area (Å²) in [4.78, 5) is 31.0. The molecular weight excluding hydrogens is 715 g/mol. The van der Waals surface area contributed by atoms with Gasteiger partial charge in [-0.2, -0.15) is 4.31 Å². The summed E-state index contributed by atoms with van der Waals surface area (Å²) in [7, 11) is 0.911. The number of carbonyl (C=O) groups is 1. The minimum atomic E-state index is -3.99. The minimum absolute atomic E-state index is 0.0103. The van der Waals surface area contributed by atoms with E-state index in [9.17, 15) is 23.1 Å². The molecule has 2 atom stereocenters. The van der Waals surface area contributed by atoms with Crippen molar-refractivity contribution in [3.8, 4) is 17.2 Å². The highest BCUT2D eigenvalue weighted by Gasteiger charge is 2.33. The number of hydrogen-bond donors (Lipinski definition) is 3. The molecule has 0 saturated heterocycles. The summed E-state index contributed by atoms with van der Waals surface area (Å²) in [5.74, 6) is 0.178. The van der Waals surface area contributed by atoms with Crippen LogP contribution in [0.1, 0.15) is 29.2 Å². The molecule has 0 spiro atoms. The average Bonchev–Trinajstić information content (AvgIpc) is 3.69. The molecule has 3 aromatic carbocycles. The SMILES string of the molecule is COc1ccc(S(=O)(=O)N(CCO)CCO[C@@H]2C[C@H](c3c(C)n(C)n(-c4ccccc4)c3=O)C=C(C(=O)NCCc3c[nH]c4ccc(OC)cc34)O2)cc1. The molecule has 54 heavy (non-hydrogen) atoms. The van der Waals surface area contributed by atoms with E-state index in [0.717, 1.165) is 26.5 Å². The van der Waals surface area contributed by atoms with Crippen LogP contribution in [-0.4, -0.2) is 91.4 Å². The van der Waals surface area contributed by atoms with Crippen LogP contribution < -0.4 is 20.3 Å². The Morgan fingerprint density at radius 3 is 2.46 bits per heavy atom. The normalized spacial score (nSPS) is 15.9. The Labute approximate surface area is 313 Å². The predicted molar refractivity (Wildman–Crippen MR) is 202 cm³/mol. The molecule has 0 fully saturated rings. The van der Waals surface area contributed by atoms with Crippen molar-refractivity contribution in [1.82, 2.24) is 24.0 Å². The average molecular weight is 760 g/mol.